The number of aromatic nitrogens is 1. The molecule has 0 bridgehead atoms. The summed E-state index contributed by atoms with van der Waals surface area (Å²) in [6.07, 6.45) is 0.931. The highest BCUT2D eigenvalue weighted by molar-refractivity contribution is 14.1. The average Bonchev–Trinajstić information content (AvgIpc) is 3.51. The zero-order valence-corrected chi connectivity index (χ0v) is 23.1. The van der Waals surface area contributed by atoms with Crippen LogP contribution < -0.4 is 0 Å². The molecule has 5 rings (SSSR count). The first-order valence-corrected chi connectivity index (χ1v) is 13.7. The molecule has 4 atom stereocenters. The lowest BCUT2D eigenvalue weighted by Crippen LogP contribution is -2.38. The SMILES string of the molecule is O=Cc1cc(I)cn1[C@@H]1O[C@H](COCc2ccccc2)[C@@H](OCc2ccccc2)[C@H]1OCc1ccccc1. The molecule has 196 valence electrons. The number of carbonyl (C=O) groups excluding carboxylic acids is 1. The normalized spacial score (nSPS) is 21.0. The van der Waals surface area contributed by atoms with Gasteiger partial charge < -0.3 is 23.5 Å². The van der Waals surface area contributed by atoms with Gasteiger partial charge in [-0.1, -0.05) is 91.0 Å². The van der Waals surface area contributed by atoms with E-state index in [1.54, 1.807) is 0 Å². The van der Waals surface area contributed by atoms with Crippen LogP contribution in [0.4, 0.5) is 0 Å². The van der Waals surface area contributed by atoms with Crippen molar-refractivity contribution in [3.05, 3.63) is 129 Å². The summed E-state index contributed by atoms with van der Waals surface area (Å²) in [5.74, 6) is 0. The maximum Gasteiger partial charge on any atom is 0.166 e. The van der Waals surface area contributed by atoms with Crippen molar-refractivity contribution in [3.63, 3.8) is 0 Å². The number of hydrogen-bond donors (Lipinski definition) is 0. The van der Waals surface area contributed by atoms with Crippen LogP contribution in [0.15, 0.2) is 103 Å². The molecular weight excluding hydrogens is 593 g/mol. The number of aldehydes is 1. The number of rotatable bonds is 12. The summed E-state index contributed by atoms with van der Waals surface area (Å²) < 4.78 is 28.5. The molecule has 0 amide bonds. The van der Waals surface area contributed by atoms with Crippen LogP contribution in [0.5, 0.6) is 0 Å². The molecule has 4 aromatic rings. The number of halogens is 1. The predicted octanol–water partition coefficient (Wildman–Crippen LogP) is 6.19. The lowest BCUT2D eigenvalue weighted by molar-refractivity contribution is -0.0917. The standard InChI is InChI=1S/C31H30INO5/c32-26-16-27(18-34)33(17-26)31-30(37-21-25-14-8-3-9-15-25)29(36-20-24-12-6-2-7-13-24)28(38-31)22-35-19-23-10-4-1-5-11-23/h1-18,28-31H,19-22H2/t28-,29-,30-,31-/m1/s1. The number of nitrogens with zero attached hydrogens (tertiary/aromatic N) is 1. The highest BCUT2D eigenvalue weighted by Crippen LogP contribution is 2.36. The highest BCUT2D eigenvalue weighted by atomic mass is 127. The van der Waals surface area contributed by atoms with E-state index in [0.717, 1.165) is 26.5 Å². The van der Waals surface area contributed by atoms with Gasteiger partial charge in [-0.3, -0.25) is 4.79 Å². The Kier molecular flexibility index (Phi) is 9.37. The van der Waals surface area contributed by atoms with Crippen LogP contribution in [0.1, 0.15) is 33.4 Å². The topological polar surface area (TPSA) is 58.9 Å². The first kappa shape index (κ1) is 26.8. The van der Waals surface area contributed by atoms with E-state index in [9.17, 15) is 4.79 Å². The van der Waals surface area contributed by atoms with Crippen molar-refractivity contribution in [2.24, 2.45) is 0 Å². The van der Waals surface area contributed by atoms with Crippen molar-refractivity contribution < 1.29 is 23.7 Å². The number of ether oxygens (including phenoxy) is 4. The first-order valence-electron chi connectivity index (χ1n) is 12.6. The third-order valence-corrected chi connectivity index (χ3v) is 7.08. The predicted molar refractivity (Wildman–Crippen MR) is 153 cm³/mol. The van der Waals surface area contributed by atoms with E-state index < -0.39 is 24.5 Å². The van der Waals surface area contributed by atoms with E-state index >= 15 is 0 Å². The van der Waals surface area contributed by atoms with Gasteiger partial charge >= 0.3 is 0 Å². The largest absolute Gasteiger partial charge is 0.374 e. The summed E-state index contributed by atoms with van der Waals surface area (Å²) in [5.41, 5.74) is 3.73. The maximum atomic E-state index is 11.9. The fourth-order valence-electron chi connectivity index (χ4n) is 4.62. The van der Waals surface area contributed by atoms with Gasteiger partial charge in [0.25, 0.3) is 0 Å². The van der Waals surface area contributed by atoms with Crippen LogP contribution in [0.25, 0.3) is 0 Å². The highest BCUT2D eigenvalue weighted by Gasteiger charge is 2.48. The van der Waals surface area contributed by atoms with Gasteiger partial charge in [-0.15, -0.1) is 0 Å². The van der Waals surface area contributed by atoms with Crippen LogP contribution in [0, 0.1) is 3.57 Å². The van der Waals surface area contributed by atoms with E-state index in [-0.39, 0.29) is 0 Å². The Labute approximate surface area is 236 Å². The summed E-state index contributed by atoms with van der Waals surface area (Å²) in [4.78, 5) is 11.9. The lowest BCUT2D eigenvalue weighted by atomic mass is 10.1. The van der Waals surface area contributed by atoms with Gasteiger partial charge in [0, 0.05) is 9.77 Å². The molecule has 1 saturated heterocycles. The number of hydrogen-bond acceptors (Lipinski definition) is 5. The molecule has 1 aliphatic heterocycles. The molecule has 3 aromatic carbocycles. The van der Waals surface area contributed by atoms with Crippen LogP contribution >= 0.6 is 22.6 Å². The Morgan fingerprint density at radius 1 is 0.763 bits per heavy atom. The first-order chi connectivity index (χ1) is 18.7. The number of benzene rings is 3. The quantitative estimate of drug-likeness (QED) is 0.139. The molecular formula is C31H30INO5. The molecule has 6 nitrogen and oxygen atoms in total. The van der Waals surface area contributed by atoms with Gasteiger partial charge in [0.05, 0.1) is 32.1 Å². The van der Waals surface area contributed by atoms with E-state index in [1.807, 2.05) is 108 Å². The van der Waals surface area contributed by atoms with Crippen molar-refractivity contribution in [1.29, 1.82) is 0 Å². The molecule has 0 radical (unpaired) electrons. The second kappa shape index (κ2) is 13.3. The molecule has 0 N–H and O–H groups in total. The zero-order valence-electron chi connectivity index (χ0n) is 20.9. The minimum Gasteiger partial charge on any atom is -0.374 e. The molecule has 0 saturated carbocycles. The van der Waals surface area contributed by atoms with Gasteiger partial charge in [-0.25, -0.2) is 0 Å². The van der Waals surface area contributed by atoms with E-state index in [4.69, 9.17) is 18.9 Å². The van der Waals surface area contributed by atoms with Gasteiger partial charge in [0.2, 0.25) is 0 Å². The van der Waals surface area contributed by atoms with Gasteiger partial charge in [0.15, 0.2) is 12.5 Å². The van der Waals surface area contributed by atoms with Crippen LogP contribution in [-0.2, 0) is 38.8 Å². The minimum atomic E-state index is -0.548. The second-order valence-electron chi connectivity index (χ2n) is 9.20. The van der Waals surface area contributed by atoms with Crippen molar-refractivity contribution in [1.82, 2.24) is 4.57 Å². The Morgan fingerprint density at radius 3 is 1.84 bits per heavy atom. The summed E-state index contributed by atoms with van der Waals surface area (Å²) in [6, 6.07) is 31.9. The molecule has 0 unspecified atom stereocenters. The third-order valence-electron chi connectivity index (χ3n) is 6.49. The molecule has 2 heterocycles. The van der Waals surface area contributed by atoms with Crippen LogP contribution in [-0.4, -0.2) is 35.8 Å². The van der Waals surface area contributed by atoms with E-state index in [2.05, 4.69) is 22.6 Å². The molecule has 1 fully saturated rings. The van der Waals surface area contributed by atoms with Gasteiger partial charge in [-0.05, 0) is 45.3 Å². The lowest BCUT2D eigenvalue weighted by Gasteiger charge is -2.26. The van der Waals surface area contributed by atoms with Crippen molar-refractivity contribution in [3.8, 4) is 0 Å². The van der Waals surface area contributed by atoms with Crippen LogP contribution in [0.2, 0.25) is 0 Å². The fraction of sp³-hybridized carbons (Fsp3) is 0.258. The fourth-order valence-corrected chi connectivity index (χ4v) is 5.24. The van der Waals surface area contributed by atoms with Crippen LogP contribution in [0.3, 0.4) is 0 Å². The van der Waals surface area contributed by atoms with E-state index in [0.29, 0.717) is 32.1 Å². The van der Waals surface area contributed by atoms with Gasteiger partial charge in [0.1, 0.15) is 18.3 Å². The molecule has 1 aromatic heterocycles. The van der Waals surface area contributed by atoms with Gasteiger partial charge in [-0.2, -0.15) is 0 Å². The molecule has 7 heteroatoms. The second-order valence-corrected chi connectivity index (χ2v) is 10.4. The van der Waals surface area contributed by atoms with Crippen molar-refractivity contribution in [2.75, 3.05) is 6.61 Å². The smallest absolute Gasteiger partial charge is 0.166 e. The van der Waals surface area contributed by atoms with Crippen molar-refractivity contribution >= 4 is 28.9 Å². The summed E-state index contributed by atoms with van der Waals surface area (Å²) in [6.45, 7) is 1.59. The molecule has 38 heavy (non-hydrogen) atoms. The Morgan fingerprint density at radius 2 is 1.29 bits per heavy atom. The molecule has 0 aliphatic carbocycles. The Bertz CT molecular complexity index is 1280. The Hall–Kier alpha value is -2.82. The monoisotopic (exact) mass is 623 g/mol. The van der Waals surface area contributed by atoms with Crippen molar-refractivity contribution in [2.45, 2.75) is 44.4 Å². The zero-order chi connectivity index (χ0) is 26.2. The minimum absolute atomic E-state index is 0.324. The number of carbonyl (C=O) groups is 1. The average molecular weight is 623 g/mol. The van der Waals surface area contributed by atoms with E-state index in [1.165, 1.54) is 0 Å². The summed E-state index contributed by atoms with van der Waals surface area (Å²) in [5, 5.41) is 0. The Balaban J connectivity index is 1.40. The summed E-state index contributed by atoms with van der Waals surface area (Å²) >= 11 is 2.21. The molecule has 0 spiro atoms. The third kappa shape index (κ3) is 6.78. The maximum absolute atomic E-state index is 11.9. The summed E-state index contributed by atoms with van der Waals surface area (Å²) in [7, 11) is 0. The molecule has 1 aliphatic rings.